The summed E-state index contributed by atoms with van der Waals surface area (Å²) in [6, 6.07) is 7.81. The van der Waals surface area contributed by atoms with Crippen molar-refractivity contribution >= 4 is 55.0 Å². The number of nitrogens with one attached hydrogen (secondary N) is 2. The first kappa shape index (κ1) is 22.1. The monoisotopic (exact) mass is 572 g/mol. The lowest BCUT2D eigenvalue weighted by molar-refractivity contribution is 0.0940. The number of amides is 1. The number of alkyl halides is 1. The van der Waals surface area contributed by atoms with Crippen LogP contribution >= 0.6 is 33.9 Å². The molecule has 3 aromatic rings. The standard InChI is InChI=1S/C20H18FIN4O3S2/c21-15-7-14(9-23-10-15)12-1-3-13(4-2-12)19(27)24-17(8-22)18-11-30-20(25-18)26-31(28,29)16-5-6-16/h1-4,7,9-11,16-17H,5-6,8H2,(H,24,27)(H,25,26). The number of carbonyl (C=O) groups excluding carboxylic acids is 1. The van der Waals surface area contributed by atoms with Crippen LogP contribution in [0, 0.1) is 5.82 Å². The summed E-state index contributed by atoms with van der Waals surface area (Å²) in [5.41, 5.74) is 2.43. The molecule has 1 saturated carbocycles. The van der Waals surface area contributed by atoms with E-state index in [0.717, 1.165) is 11.8 Å². The molecule has 1 aromatic carbocycles. The lowest BCUT2D eigenvalue weighted by Gasteiger charge is -2.14. The van der Waals surface area contributed by atoms with Gasteiger partial charge in [-0.3, -0.25) is 14.5 Å². The molecule has 31 heavy (non-hydrogen) atoms. The number of sulfonamides is 1. The Balaban J connectivity index is 1.43. The number of halogens is 2. The maximum Gasteiger partial charge on any atom is 0.251 e. The predicted molar refractivity (Wildman–Crippen MR) is 126 cm³/mol. The number of pyridine rings is 1. The third-order valence-corrected chi connectivity index (χ3v) is 8.33. The molecule has 1 unspecified atom stereocenters. The predicted octanol–water partition coefficient (Wildman–Crippen LogP) is 4.15. The fourth-order valence-corrected chi connectivity index (χ4v) is 5.93. The van der Waals surface area contributed by atoms with Gasteiger partial charge in [-0.05, 0) is 36.6 Å². The first-order valence-corrected chi connectivity index (χ1v) is 13.4. The summed E-state index contributed by atoms with van der Waals surface area (Å²) in [5.74, 6) is -0.704. The molecule has 1 atom stereocenters. The number of thiazole rings is 1. The quantitative estimate of drug-likeness (QED) is 0.312. The third kappa shape index (κ3) is 5.39. The van der Waals surface area contributed by atoms with Crippen LogP contribution in [0.1, 0.15) is 34.9 Å². The highest BCUT2D eigenvalue weighted by Gasteiger charge is 2.36. The molecule has 11 heteroatoms. The minimum Gasteiger partial charge on any atom is -0.343 e. The fraction of sp³-hybridized carbons (Fsp3) is 0.250. The van der Waals surface area contributed by atoms with E-state index in [0.29, 0.717) is 39.2 Å². The number of anilines is 1. The molecule has 0 spiro atoms. The van der Waals surface area contributed by atoms with Crippen LogP contribution in [0.5, 0.6) is 0 Å². The largest absolute Gasteiger partial charge is 0.343 e. The van der Waals surface area contributed by atoms with E-state index in [2.05, 4.69) is 42.6 Å². The molecule has 162 valence electrons. The molecule has 0 saturated heterocycles. The van der Waals surface area contributed by atoms with Crippen LogP contribution in [0.25, 0.3) is 11.1 Å². The zero-order valence-electron chi connectivity index (χ0n) is 16.1. The van der Waals surface area contributed by atoms with Crippen molar-refractivity contribution in [3.63, 3.8) is 0 Å². The lowest BCUT2D eigenvalue weighted by Crippen LogP contribution is -2.29. The van der Waals surface area contributed by atoms with E-state index in [1.54, 1.807) is 35.8 Å². The SMILES string of the molecule is O=C(NC(CI)c1csc(NS(=O)(=O)C2CC2)n1)c1ccc(-c2cncc(F)c2)cc1. The van der Waals surface area contributed by atoms with Gasteiger partial charge in [0.2, 0.25) is 10.0 Å². The summed E-state index contributed by atoms with van der Waals surface area (Å²) >= 11 is 3.35. The molecule has 1 fully saturated rings. The Bertz CT molecular complexity index is 1200. The second-order valence-corrected chi connectivity index (χ2v) is 10.8. The number of rotatable bonds is 8. The molecule has 0 radical (unpaired) electrons. The summed E-state index contributed by atoms with van der Waals surface area (Å²) < 4.78 is 40.6. The Morgan fingerprint density at radius 1 is 1.23 bits per heavy atom. The van der Waals surface area contributed by atoms with Crippen LogP contribution in [0.2, 0.25) is 0 Å². The zero-order chi connectivity index (χ0) is 22.0. The molecule has 0 aliphatic heterocycles. The maximum absolute atomic E-state index is 13.4. The van der Waals surface area contributed by atoms with E-state index in [4.69, 9.17) is 0 Å². The highest BCUT2D eigenvalue weighted by Crippen LogP contribution is 2.31. The minimum atomic E-state index is -3.37. The second kappa shape index (κ2) is 9.17. The van der Waals surface area contributed by atoms with Crippen molar-refractivity contribution in [1.82, 2.24) is 15.3 Å². The van der Waals surface area contributed by atoms with Gasteiger partial charge in [-0.1, -0.05) is 34.7 Å². The first-order valence-electron chi connectivity index (χ1n) is 9.40. The number of aromatic nitrogens is 2. The van der Waals surface area contributed by atoms with Gasteiger partial charge in [0, 0.05) is 27.1 Å². The summed E-state index contributed by atoms with van der Waals surface area (Å²) in [4.78, 5) is 20.9. The molecule has 2 heterocycles. The molecule has 0 bridgehead atoms. The Hall–Kier alpha value is -2.12. The van der Waals surface area contributed by atoms with Crippen molar-refractivity contribution in [2.45, 2.75) is 24.1 Å². The van der Waals surface area contributed by atoms with Crippen LogP contribution in [0.3, 0.4) is 0 Å². The van der Waals surface area contributed by atoms with Gasteiger partial charge in [-0.2, -0.15) is 0 Å². The molecule has 7 nitrogen and oxygen atoms in total. The Morgan fingerprint density at radius 3 is 2.61 bits per heavy atom. The van der Waals surface area contributed by atoms with Crippen molar-refractivity contribution in [2.75, 3.05) is 9.15 Å². The van der Waals surface area contributed by atoms with Crippen LogP contribution < -0.4 is 10.0 Å². The van der Waals surface area contributed by atoms with Gasteiger partial charge < -0.3 is 5.32 Å². The Morgan fingerprint density at radius 2 is 1.97 bits per heavy atom. The summed E-state index contributed by atoms with van der Waals surface area (Å²) in [5, 5.41) is 4.65. The van der Waals surface area contributed by atoms with Gasteiger partial charge in [-0.25, -0.2) is 17.8 Å². The van der Waals surface area contributed by atoms with E-state index in [9.17, 15) is 17.6 Å². The van der Waals surface area contributed by atoms with Crippen molar-refractivity contribution in [3.05, 3.63) is 65.2 Å². The van der Waals surface area contributed by atoms with E-state index < -0.39 is 15.8 Å². The normalized spacial score (nSPS) is 14.8. The number of nitrogens with zero attached hydrogens (tertiary/aromatic N) is 2. The summed E-state index contributed by atoms with van der Waals surface area (Å²) in [7, 11) is -3.37. The van der Waals surface area contributed by atoms with Crippen molar-refractivity contribution in [2.24, 2.45) is 0 Å². The highest BCUT2D eigenvalue weighted by molar-refractivity contribution is 14.1. The maximum atomic E-state index is 13.4. The molecule has 1 aliphatic rings. The topological polar surface area (TPSA) is 101 Å². The van der Waals surface area contributed by atoms with Gasteiger partial charge in [0.25, 0.3) is 5.91 Å². The van der Waals surface area contributed by atoms with Crippen LogP contribution in [-0.2, 0) is 10.0 Å². The zero-order valence-corrected chi connectivity index (χ0v) is 19.9. The summed E-state index contributed by atoms with van der Waals surface area (Å²) in [6.45, 7) is 0. The number of hydrogen-bond donors (Lipinski definition) is 2. The Kier molecular flexibility index (Phi) is 6.53. The third-order valence-electron chi connectivity index (χ3n) is 4.72. The highest BCUT2D eigenvalue weighted by atomic mass is 127. The Labute approximate surface area is 196 Å². The summed E-state index contributed by atoms with van der Waals surface area (Å²) in [6.07, 6.45) is 4.04. The van der Waals surface area contributed by atoms with E-state index >= 15 is 0 Å². The van der Waals surface area contributed by atoms with Gasteiger partial charge in [0.1, 0.15) is 5.82 Å². The minimum absolute atomic E-state index is 0.279. The molecule has 4 rings (SSSR count). The van der Waals surface area contributed by atoms with Gasteiger partial charge in [-0.15, -0.1) is 11.3 Å². The molecule has 1 amide bonds. The number of hydrogen-bond acceptors (Lipinski definition) is 6. The molecular formula is C20H18FIN4O3S2. The average molecular weight is 572 g/mol. The fourth-order valence-electron chi connectivity index (χ4n) is 2.89. The molecule has 2 N–H and O–H groups in total. The number of carbonyl (C=O) groups is 1. The molecule has 1 aliphatic carbocycles. The smallest absolute Gasteiger partial charge is 0.251 e. The van der Waals surface area contributed by atoms with Crippen LogP contribution in [0.15, 0.2) is 48.1 Å². The number of benzene rings is 1. The van der Waals surface area contributed by atoms with E-state index in [-0.39, 0.29) is 17.2 Å². The van der Waals surface area contributed by atoms with Gasteiger partial charge in [0.15, 0.2) is 5.13 Å². The van der Waals surface area contributed by atoms with E-state index in [1.807, 2.05) is 0 Å². The first-order chi connectivity index (χ1) is 14.9. The van der Waals surface area contributed by atoms with Crippen molar-refractivity contribution in [1.29, 1.82) is 0 Å². The van der Waals surface area contributed by atoms with Gasteiger partial charge >= 0.3 is 0 Å². The van der Waals surface area contributed by atoms with Crippen LogP contribution in [-0.4, -0.2) is 34.0 Å². The average Bonchev–Trinajstić information content (AvgIpc) is 3.53. The van der Waals surface area contributed by atoms with Crippen molar-refractivity contribution < 1.29 is 17.6 Å². The van der Waals surface area contributed by atoms with E-state index in [1.165, 1.54) is 17.4 Å². The molecular weight excluding hydrogens is 554 g/mol. The lowest BCUT2D eigenvalue weighted by atomic mass is 10.1. The van der Waals surface area contributed by atoms with Gasteiger partial charge in [0.05, 0.1) is 23.2 Å². The second-order valence-electron chi connectivity index (χ2n) is 7.07. The van der Waals surface area contributed by atoms with Crippen molar-refractivity contribution in [3.8, 4) is 11.1 Å². The van der Waals surface area contributed by atoms with Crippen LogP contribution in [0.4, 0.5) is 9.52 Å². The molecule has 2 aromatic heterocycles.